The minimum absolute atomic E-state index is 0.353. The summed E-state index contributed by atoms with van der Waals surface area (Å²) >= 11 is 0. The molecule has 1 aliphatic rings. The van der Waals surface area contributed by atoms with Gasteiger partial charge >= 0.3 is 0 Å². The SMILES string of the molecule is C=C/C(=C\N(C)C)c1cccc(-c2ncc(/C(C=NC)=C/C)c(NC(CC)C3CCC3(C)C)n2)c1. The van der Waals surface area contributed by atoms with E-state index in [9.17, 15) is 0 Å². The Morgan fingerprint density at radius 1 is 1.31 bits per heavy atom. The van der Waals surface area contributed by atoms with Crippen LogP contribution in [0.3, 0.4) is 0 Å². The van der Waals surface area contributed by atoms with Crippen molar-refractivity contribution in [3.63, 3.8) is 0 Å². The summed E-state index contributed by atoms with van der Waals surface area (Å²) < 4.78 is 0. The lowest BCUT2D eigenvalue weighted by Crippen LogP contribution is -2.46. The normalized spacial score (nSPS) is 18.8. The highest BCUT2D eigenvalue weighted by Gasteiger charge is 2.42. The topological polar surface area (TPSA) is 53.4 Å². The fraction of sp³-hybridized carbons (Fsp3) is 0.433. The van der Waals surface area contributed by atoms with Crippen molar-refractivity contribution in [3.8, 4) is 11.4 Å². The predicted octanol–water partition coefficient (Wildman–Crippen LogP) is 6.96. The molecule has 0 radical (unpaired) electrons. The van der Waals surface area contributed by atoms with Crippen LogP contribution >= 0.6 is 0 Å². The zero-order valence-corrected chi connectivity index (χ0v) is 22.5. The molecule has 1 aliphatic carbocycles. The van der Waals surface area contributed by atoms with Crippen LogP contribution < -0.4 is 5.32 Å². The van der Waals surface area contributed by atoms with Crippen LogP contribution in [0.25, 0.3) is 22.5 Å². The Balaban J connectivity index is 2.07. The van der Waals surface area contributed by atoms with Crippen LogP contribution in [-0.2, 0) is 0 Å². The molecule has 5 nitrogen and oxygen atoms in total. The molecule has 1 saturated carbocycles. The number of allylic oxidation sites excluding steroid dienone is 4. The van der Waals surface area contributed by atoms with Crippen molar-refractivity contribution >= 4 is 23.2 Å². The van der Waals surface area contributed by atoms with Gasteiger partial charge in [-0.15, -0.1) is 0 Å². The molecular formula is C30H41N5. The second-order valence-electron chi connectivity index (χ2n) is 10.2. The van der Waals surface area contributed by atoms with E-state index in [1.807, 2.05) is 44.4 Å². The second kappa shape index (κ2) is 11.5. The van der Waals surface area contributed by atoms with Crippen LogP contribution in [-0.4, -0.2) is 48.3 Å². The molecule has 1 aromatic carbocycles. The first-order valence-electron chi connectivity index (χ1n) is 12.6. The van der Waals surface area contributed by atoms with Crippen LogP contribution in [0.2, 0.25) is 0 Å². The number of nitrogens with zero attached hydrogens (tertiary/aromatic N) is 4. The number of nitrogens with one attached hydrogen (secondary N) is 1. The minimum Gasteiger partial charge on any atom is -0.383 e. The Morgan fingerprint density at radius 3 is 2.63 bits per heavy atom. The summed E-state index contributed by atoms with van der Waals surface area (Å²) in [5.41, 5.74) is 5.47. The van der Waals surface area contributed by atoms with Gasteiger partial charge in [-0.2, -0.15) is 0 Å². The Morgan fingerprint density at radius 2 is 2.09 bits per heavy atom. The first kappa shape index (κ1) is 26.4. The quantitative estimate of drug-likeness (QED) is 0.300. The predicted molar refractivity (Wildman–Crippen MR) is 152 cm³/mol. The summed E-state index contributed by atoms with van der Waals surface area (Å²) in [5, 5.41) is 3.83. The Hall–Kier alpha value is -3.21. The van der Waals surface area contributed by atoms with E-state index in [0.717, 1.165) is 40.1 Å². The minimum atomic E-state index is 0.353. The van der Waals surface area contributed by atoms with Crippen molar-refractivity contribution < 1.29 is 0 Å². The number of rotatable bonds is 10. The van der Waals surface area contributed by atoms with Crippen LogP contribution in [0.4, 0.5) is 5.82 Å². The van der Waals surface area contributed by atoms with Gasteiger partial charge in [0.15, 0.2) is 5.82 Å². The van der Waals surface area contributed by atoms with Crippen LogP contribution in [0.1, 0.15) is 58.1 Å². The molecule has 3 rings (SSSR count). The first-order valence-corrected chi connectivity index (χ1v) is 12.6. The smallest absolute Gasteiger partial charge is 0.161 e. The average Bonchev–Trinajstić information content (AvgIpc) is 2.84. The molecule has 0 spiro atoms. The monoisotopic (exact) mass is 471 g/mol. The first-order chi connectivity index (χ1) is 16.7. The van der Waals surface area contributed by atoms with Gasteiger partial charge in [-0.3, -0.25) is 4.99 Å². The van der Waals surface area contributed by atoms with Gasteiger partial charge in [0.05, 0.1) is 0 Å². The Kier molecular flexibility index (Phi) is 8.66. The molecular weight excluding hydrogens is 430 g/mol. The van der Waals surface area contributed by atoms with Crippen LogP contribution in [0, 0.1) is 11.3 Å². The Labute approximate surface area is 211 Å². The molecule has 0 saturated heterocycles. The maximum absolute atomic E-state index is 5.08. The molecule has 0 amide bonds. The molecule has 1 heterocycles. The van der Waals surface area contributed by atoms with E-state index in [1.165, 1.54) is 12.8 Å². The fourth-order valence-electron chi connectivity index (χ4n) is 4.94. The number of aliphatic imine (C=N–C) groups is 1. The van der Waals surface area contributed by atoms with Gasteiger partial charge in [-0.1, -0.05) is 57.7 Å². The van der Waals surface area contributed by atoms with Crippen molar-refractivity contribution in [1.82, 2.24) is 14.9 Å². The molecule has 0 bridgehead atoms. The van der Waals surface area contributed by atoms with E-state index in [-0.39, 0.29) is 0 Å². The highest BCUT2D eigenvalue weighted by atomic mass is 15.1. The van der Waals surface area contributed by atoms with Crippen molar-refractivity contribution in [2.75, 3.05) is 26.5 Å². The van der Waals surface area contributed by atoms with Gasteiger partial charge in [-0.25, -0.2) is 9.97 Å². The summed E-state index contributed by atoms with van der Waals surface area (Å²) in [6, 6.07) is 8.70. The van der Waals surface area contributed by atoms with Crippen molar-refractivity contribution in [2.45, 2.75) is 53.0 Å². The summed E-state index contributed by atoms with van der Waals surface area (Å²) in [6.45, 7) is 13.0. The number of hydrogen-bond acceptors (Lipinski definition) is 5. The zero-order chi connectivity index (χ0) is 25.6. The van der Waals surface area contributed by atoms with E-state index in [1.54, 1.807) is 7.05 Å². The van der Waals surface area contributed by atoms with Crippen molar-refractivity contribution in [2.24, 2.45) is 16.3 Å². The number of hydrogen-bond donors (Lipinski definition) is 1. The van der Waals surface area contributed by atoms with Gasteiger partial charge in [0.25, 0.3) is 0 Å². The lowest BCUT2D eigenvalue weighted by molar-refractivity contribution is 0.0540. The average molecular weight is 472 g/mol. The third kappa shape index (κ3) is 6.08. The van der Waals surface area contributed by atoms with Gasteiger partial charge in [0.2, 0.25) is 0 Å². The third-order valence-electron chi connectivity index (χ3n) is 7.10. The summed E-state index contributed by atoms with van der Waals surface area (Å²) in [5.74, 6) is 2.20. The largest absolute Gasteiger partial charge is 0.383 e. The highest BCUT2D eigenvalue weighted by Crippen LogP contribution is 2.49. The molecule has 1 fully saturated rings. The molecule has 2 atom stereocenters. The van der Waals surface area contributed by atoms with E-state index in [4.69, 9.17) is 9.97 Å². The van der Waals surface area contributed by atoms with Crippen molar-refractivity contribution in [3.05, 3.63) is 66.5 Å². The van der Waals surface area contributed by atoms with Crippen molar-refractivity contribution in [1.29, 1.82) is 0 Å². The van der Waals surface area contributed by atoms with Crippen LogP contribution in [0.15, 0.2) is 60.4 Å². The van der Waals surface area contributed by atoms with Gasteiger partial charge in [0.1, 0.15) is 5.82 Å². The zero-order valence-electron chi connectivity index (χ0n) is 22.5. The number of anilines is 1. The lowest BCUT2D eigenvalue weighted by Gasteiger charge is -2.49. The lowest BCUT2D eigenvalue weighted by atomic mass is 9.59. The maximum Gasteiger partial charge on any atom is 0.161 e. The molecule has 35 heavy (non-hydrogen) atoms. The molecule has 2 unspecified atom stereocenters. The number of aromatic nitrogens is 2. The molecule has 0 aliphatic heterocycles. The molecule has 1 N–H and O–H groups in total. The third-order valence-corrected chi connectivity index (χ3v) is 7.10. The van der Waals surface area contributed by atoms with Gasteiger partial charge in [0, 0.05) is 62.5 Å². The Bertz CT molecular complexity index is 1120. The van der Waals surface area contributed by atoms with Gasteiger partial charge in [-0.05, 0) is 54.7 Å². The fourth-order valence-corrected chi connectivity index (χ4v) is 4.94. The van der Waals surface area contributed by atoms with E-state index < -0.39 is 0 Å². The van der Waals surface area contributed by atoms with Crippen LogP contribution in [0.5, 0.6) is 0 Å². The molecule has 186 valence electrons. The molecule has 2 aromatic rings. The molecule has 5 heteroatoms. The van der Waals surface area contributed by atoms with Gasteiger partial charge < -0.3 is 10.2 Å². The summed E-state index contributed by atoms with van der Waals surface area (Å²) in [7, 11) is 5.82. The standard InChI is InChI=1S/C30H41N5/c1-9-21(18-31-6)25-19-32-28(24-14-12-13-23(17-24)22(10-2)20-35(7)8)34-29(25)33-27(11-3)26-15-16-30(26,4)5/h9-10,12-14,17-20,26-27H,2,11,15-16H2,1,3-8H3,(H,32,33,34)/b21-9+,22-20+,31-18?. The molecule has 1 aromatic heterocycles. The maximum atomic E-state index is 5.08. The number of benzene rings is 1. The second-order valence-corrected chi connectivity index (χ2v) is 10.2. The van der Waals surface area contributed by atoms with E-state index in [2.05, 4.69) is 74.2 Å². The summed E-state index contributed by atoms with van der Waals surface area (Å²) in [4.78, 5) is 16.1. The highest BCUT2D eigenvalue weighted by molar-refractivity contribution is 6.11. The van der Waals surface area contributed by atoms with E-state index in [0.29, 0.717) is 23.2 Å². The summed E-state index contributed by atoms with van der Waals surface area (Å²) in [6.07, 6.45) is 13.4. The van der Waals surface area contributed by atoms with E-state index >= 15 is 0 Å².